The Balaban J connectivity index is -0.000000240. The molecule has 0 aliphatic heterocycles. The SMILES string of the molecule is CC(C)(C)C(=[OH+])C=C(O)C(C)(C)C.CC(C)(C)C(=[OH+])C=C(O)C(C)(C)C.CC(C)(C)C(=[OH+])C=C(O)C(C)(C)C.[Mn]. The van der Waals surface area contributed by atoms with Crippen LogP contribution >= 0.6 is 0 Å². The first-order valence-electron chi connectivity index (χ1n) is 13.6. The maximum Gasteiger partial charge on any atom is 0.325 e. The molecule has 235 valence electrons. The van der Waals surface area contributed by atoms with Crippen molar-refractivity contribution in [1.29, 1.82) is 0 Å². The van der Waals surface area contributed by atoms with E-state index in [1.165, 1.54) is 18.2 Å². The van der Waals surface area contributed by atoms with Crippen LogP contribution in [0.15, 0.2) is 35.5 Å². The number of hydrogen-bond acceptors (Lipinski definition) is 3. The Labute approximate surface area is 256 Å². The molecule has 40 heavy (non-hydrogen) atoms. The van der Waals surface area contributed by atoms with E-state index in [9.17, 15) is 29.7 Å². The molecule has 0 aliphatic carbocycles. The number of aliphatic hydroxyl groups excluding tert-OH is 3. The predicted molar refractivity (Wildman–Crippen MR) is 170 cm³/mol. The summed E-state index contributed by atoms with van der Waals surface area (Å²) in [5.41, 5.74) is -1.84. The second kappa shape index (κ2) is 16.0. The van der Waals surface area contributed by atoms with E-state index in [0.29, 0.717) is 0 Å². The zero-order valence-corrected chi connectivity index (χ0v) is 30.0. The van der Waals surface area contributed by atoms with Gasteiger partial charge in [-0.1, -0.05) is 62.3 Å². The van der Waals surface area contributed by atoms with E-state index in [4.69, 9.17) is 0 Å². The van der Waals surface area contributed by atoms with Crippen LogP contribution in [0.4, 0.5) is 0 Å². The fourth-order valence-electron chi connectivity index (χ4n) is 1.69. The van der Waals surface area contributed by atoms with E-state index in [1.807, 2.05) is 125 Å². The van der Waals surface area contributed by atoms with E-state index in [2.05, 4.69) is 0 Å². The third-order valence-corrected chi connectivity index (χ3v) is 5.43. The molecule has 7 heteroatoms. The molecule has 0 heterocycles. The van der Waals surface area contributed by atoms with E-state index in [0.717, 1.165) is 0 Å². The molecule has 1 radical (unpaired) electrons. The van der Waals surface area contributed by atoms with Crippen molar-refractivity contribution in [1.82, 2.24) is 0 Å². The van der Waals surface area contributed by atoms with Crippen LogP contribution in [0.3, 0.4) is 0 Å². The second-order valence-corrected chi connectivity index (χ2v) is 16.2. The Hall–Kier alpha value is -1.85. The molecule has 0 spiro atoms. The topological polar surface area (TPSA) is 125 Å². The minimum absolute atomic E-state index is 0. The monoisotopic (exact) mass is 610 g/mol. The van der Waals surface area contributed by atoms with Gasteiger partial charge >= 0.3 is 17.3 Å². The summed E-state index contributed by atoms with van der Waals surface area (Å²) in [6, 6.07) is 0. The minimum Gasteiger partial charge on any atom is -0.511 e. The van der Waals surface area contributed by atoms with E-state index < -0.39 is 0 Å². The second-order valence-electron chi connectivity index (χ2n) is 16.2. The van der Waals surface area contributed by atoms with Gasteiger partial charge in [0.25, 0.3) is 0 Å². The Morgan fingerprint density at radius 1 is 0.350 bits per heavy atom. The molecule has 0 saturated carbocycles. The molecule has 0 aromatic carbocycles. The van der Waals surface area contributed by atoms with Crippen LogP contribution < -0.4 is 0 Å². The largest absolute Gasteiger partial charge is 0.511 e. The molecule has 6 N–H and O–H groups in total. The molecule has 0 fully saturated rings. The van der Waals surface area contributed by atoms with Crippen LogP contribution in [-0.4, -0.2) is 47.1 Å². The van der Waals surface area contributed by atoms with Gasteiger partial charge in [0.1, 0.15) is 17.3 Å². The summed E-state index contributed by atoms with van der Waals surface area (Å²) in [6.45, 7) is 34.2. The van der Waals surface area contributed by atoms with Crippen LogP contribution in [0, 0.1) is 32.5 Å². The van der Waals surface area contributed by atoms with Crippen molar-refractivity contribution in [2.75, 3.05) is 0 Å². The predicted octanol–water partition coefficient (Wildman–Crippen LogP) is 9.19. The molecule has 0 atom stereocenters. The van der Waals surface area contributed by atoms with Crippen molar-refractivity contribution in [3.05, 3.63) is 35.5 Å². The van der Waals surface area contributed by atoms with Crippen LogP contribution in [0.2, 0.25) is 0 Å². The third kappa shape index (κ3) is 21.0. The maximum absolute atomic E-state index is 9.60. The quantitative estimate of drug-likeness (QED) is 0.128. The number of allylic oxidation sites excluding steroid dienone is 6. The van der Waals surface area contributed by atoms with Crippen LogP contribution in [-0.2, 0) is 17.1 Å². The van der Waals surface area contributed by atoms with Gasteiger partial charge in [-0.25, -0.2) is 0 Å². The van der Waals surface area contributed by atoms with Gasteiger partial charge in [0.15, 0.2) is 0 Å². The summed E-state index contributed by atoms with van der Waals surface area (Å²) in [5.74, 6) is 1.25. The molecular weight excluding hydrogens is 547 g/mol. The minimum atomic E-state index is -0.306. The Morgan fingerprint density at radius 3 is 0.550 bits per heavy atom. The zero-order chi connectivity index (χ0) is 32.6. The Morgan fingerprint density at radius 2 is 0.475 bits per heavy atom. The molecule has 0 rings (SSSR count). The van der Waals surface area contributed by atoms with Gasteiger partial charge in [0.05, 0.1) is 34.5 Å². The molecule has 0 bridgehead atoms. The number of aliphatic hydroxyl groups is 3. The first kappa shape index (κ1) is 45.1. The van der Waals surface area contributed by atoms with E-state index in [1.54, 1.807) is 0 Å². The first-order valence-corrected chi connectivity index (χ1v) is 13.6. The van der Waals surface area contributed by atoms with Crippen LogP contribution in [0.25, 0.3) is 0 Å². The zero-order valence-electron chi connectivity index (χ0n) is 28.8. The van der Waals surface area contributed by atoms with Gasteiger partial charge in [-0.15, -0.1) is 0 Å². The number of hydrogen-bond donors (Lipinski definition) is 3. The molecule has 0 aliphatic rings. The van der Waals surface area contributed by atoms with Gasteiger partial charge in [0.2, 0.25) is 0 Å². The molecule has 0 saturated heterocycles. The molecule has 6 nitrogen and oxygen atoms in total. The summed E-state index contributed by atoms with van der Waals surface area (Å²) in [7, 11) is 0. The van der Waals surface area contributed by atoms with E-state index >= 15 is 0 Å². The Bertz CT molecular complexity index is 801. The fourth-order valence-corrected chi connectivity index (χ4v) is 1.69. The molecular formula is C33H63MnO6+3. The summed E-state index contributed by atoms with van der Waals surface area (Å²) in [4.78, 5) is 28.8. The number of carbonyl (C=O) groups excluding carboxylic acids is 3. The van der Waals surface area contributed by atoms with Gasteiger partial charge in [0, 0.05) is 33.3 Å². The van der Waals surface area contributed by atoms with Crippen LogP contribution in [0.5, 0.6) is 0 Å². The van der Waals surface area contributed by atoms with Crippen molar-refractivity contribution in [2.24, 2.45) is 32.5 Å². The van der Waals surface area contributed by atoms with Crippen molar-refractivity contribution >= 4 is 17.3 Å². The first-order chi connectivity index (χ1) is 16.6. The smallest absolute Gasteiger partial charge is 0.325 e. The van der Waals surface area contributed by atoms with Gasteiger partial charge in [-0.05, 0) is 62.3 Å². The molecule has 0 aromatic heterocycles. The standard InChI is InChI=1S/3C11H20O2.Mn/c3*1-10(2,3)8(12)7-9(13)11(4,5)6;/h3*7,12H,1-6H3;/p+3. The maximum atomic E-state index is 9.60. The van der Waals surface area contributed by atoms with Crippen molar-refractivity contribution in [2.45, 2.75) is 125 Å². The van der Waals surface area contributed by atoms with Gasteiger partial charge in [-0.3, -0.25) is 14.4 Å². The summed E-state index contributed by atoms with van der Waals surface area (Å²) >= 11 is 0. The van der Waals surface area contributed by atoms with Crippen LogP contribution in [0.1, 0.15) is 125 Å². The summed E-state index contributed by atoms with van der Waals surface area (Å²) in [5, 5.41) is 28.8. The average Bonchev–Trinajstić information content (AvgIpc) is 2.64. The fraction of sp³-hybridized carbons (Fsp3) is 0.727. The van der Waals surface area contributed by atoms with Gasteiger partial charge < -0.3 is 15.3 Å². The number of rotatable bonds is 3. The summed E-state index contributed by atoms with van der Waals surface area (Å²) in [6.07, 6.45) is 4.33. The van der Waals surface area contributed by atoms with Gasteiger partial charge in [-0.2, -0.15) is 0 Å². The average molecular weight is 611 g/mol. The van der Waals surface area contributed by atoms with E-state index in [-0.39, 0.29) is 84.2 Å². The van der Waals surface area contributed by atoms with Crippen molar-refractivity contribution in [3.8, 4) is 0 Å². The number of ketones is 3. The van der Waals surface area contributed by atoms with Crippen molar-refractivity contribution in [3.63, 3.8) is 0 Å². The molecule has 0 amide bonds. The Kier molecular flexibility index (Phi) is 18.0. The summed E-state index contributed by atoms with van der Waals surface area (Å²) < 4.78 is 0. The van der Waals surface area contributed by atoms with Crippen molar-refractivity contribution < 1.29 is 46.8 Å². The molecule has 0 aromatic rings. The normalized spacial score (nSPS) is 14.1. The third-order valence-electron chi connectivity index (χ3n) is 5.43. The molecule has 0 unspecified atom stereocenters.